The molecule has 0 bridgehead atoms. The average molecular weight is 513 g/mol. The van der Waals surface area contributed by atoms with Gasteiger partial charge in [0.1, 0.15) is 28.8 Å². The Labute approximate surface area is 213 Å². The summed E-state index contributed by atoms with van der Waals surface area (Å²) >= 11 is 17.8. The van der Waals surface area contributed by atoms with E-state index in [4.69, 9.17) is 44.9 Å². The smallest absolute Gasteiger partial charge is 0.281 e. The summed E-state index contributed by atoms with van der Waals surface area (Å²) in [5.41, 5.74) is 3.81. The molecule has 3 aromatic rings. The molecule has 1 amide bonds. The summed E-state index contributed by atoms with van der Waals surface area (Å²) in [6, 6.07) is 18.5. The van der Waals surface area contributed by atoms with E-state index in [0.29, 0.717) is 32.4 Å². The number of aryl methyl sites for hydroxylation is 1. The van der Waals surface area contributed by atoms with E-state index in [9.17, 15) is 4.79 Å². The SMILES string of the molecule is CCc1ccccc1N1C(=O)/C(=C\c2ccc(OC)c(COc3cccc(Cl)c3Cl)c2)NC1=S. The van der Waals surface area contributed by atoms with Gasteiger partial charge in [-0.15, -0.1) is 0 Å². The molecule has 0 unspecified atom stereocenters. The van der Waals surface area contributed by atoms with Crippen molar-refractivity contribution in [3.63, 3.8) is 0 Å². The second-order valence-corrected chi connectivity index (χ2v) is 8.69. The van der Waals surface area contributed by atoms with E-state index in [1.165, 1.54) is 4.90 Å². The number of amides is 1. The van der Waals surface area contributed by atoms with Gasteiger partial charge < -0.3 is 14.8 Å². The molecule has 5 nitrogen and oxygen atoms in total. The highest BCUT2D eigenvalue weighted by atomic mass is 35.5. The van der Waals surface area contributed by atoms with Gasteiger partial charge in [0.05, 0.1) is 17.8 Å². The van der Waals surface area contributed by atoms with Crippen LogP contribution in [0.4, 0.5) is 5.69 Å². The Morgan fingerprint density at radius 1 is 1.03 bits per heavy atom. The maximum absolute atomic E-state index is 13.2. The molecule has 34 heavy (non-hydrogen) atoms. The van der Waals surface area contributed by atoms with Gasteiger partial charge in [-0.2, -0.15) is 0 Å². The maximum Gasteiger partial charge on any atom is 0.281 e. The fraction of sp³-hybridized carbons (Fsp3) is 0.154. The summed E-state index contributed by atoms with van der Waals surface area (Å²) in [4.78, 5) is 14.7. The van der Waals surface area contributed by atoms with Gasteiger partial charge in [-0.1, -0.05) is 60.5 Å². The predicted octanol–water partition coefficient (Wildman–Crippen LogP) is 6.41. The van der Waals surface area contributed by atoms with Crippen molar-refractivity contribution in [2.24, 2.45) is 0 Å². The minimum atomic E-state index is -0.203. The highest BCUT2D eigenvalue weighted by molar-refractivity contribution is 7.80. The van der Waals surface area contributed by atoms with Gasteiger partial charge in [-0.3, -0.25) is 9.69 Å². The van der Waals surface area contributed by atoms with E-state index < -0.39 is 0 Å². The van der Waals surface area contributed by atoms with Crippen molar-refractivity contribution in [2.45, 2.75) is 20.0 Å². The van der Waals surface area contributed by atoms with Crippen molar-refractivity contribution in [3.05, 3.63) is 93.1 Å². The van der Waals surface area contributed by atoms with Crippen LogP contribution in [-0.4, -0.2) is 18.1 Å². The maximum atomic E-state index is 13.2. The zero-order valence-electron chi connectivity index (χ0n) is 18.6. The van der Waals surface area contributed by atoms with E-state index in [0.717, 1.165) is 28.8 Å². The van der Waals surface area contributed by atoms with Crippen LogP contribution >= 0.6 is 35.4 Å². The number of thiocarbonyl (C=S) groups is 1. The number of halogens is 2. The molecule has 1 fully saturated rings. The van der Waals surface area contributed by atoms with Crippen molar-refractivity contribution in [1.29, 1.82) is 0 Å². The van der Waals surface area contributed by atoms with E-state index in [1.807, 2.05) is 49.4 Å². The fourth-order valence-corrected chi connectivity index (χ4v) is 4.34. The molecule has 1 saturated heterocycles. The Morgan fingerprint density at radius 2 is 1.82 bits per heavy atom. The molecule has 0 saturated carbocycles. The topological polar surface area (TPSA) is 50.8 Å². The zero-order chi connectivity index (χ0) is 24.2. The third-order valence-corrected chi connectivity index (χ3v) is 6.49. The van der Waals surface area contributed by atoms with E-state index >= 15 is 0 Å². The molecule has 4 rings (SSSR count). The number of rotatable bonds is 7. The van der Waals surface area contributed by atoms with E-state index in [2.05, 4.69) is 5.32 Å². The lowest BCUT2D eigenvalue weighted by molar-refractivity contribution is -0.113. The molecular formula is C26H22Cl2N2O3S. The monoisotopic (exact) mass is 512 g/mol. The van der Waals surface area contributed by atoms with Gasteiger partial charge in [0.15, 0.2) is 5.11 Å². The van der Waals surface area contributed by atoms with Crippen LogP contribution in [0.3, 0.4) is 0 Å². The second kappa shape index (κ2) is 10.5. The van der Waals surface area contributed by atoms with Gasteiger partial charge >= 0.3 is 0 Å². The standard InChI is InChI=1S/C26H22Cl2N2O3S/c1-3-17-7-4-5-9-21(17)30-25(31)20(29-26(30)34)14-16-11-12-22(32-2)18(13-16)15-33-23-10-6-8-19(27)24(23)28/h4-14H,3,15H2,1-2H3,(H,29,34)/b20-14+. The normalized spacial score (nSPS) is 14.5. The summed E-state index contributed by atoms with van der Waals surface area (Å²) in [5.74, 6) is 0.924. The number of carbonyl (C=O) groups excluding carboxylic acids is 1. The summed E-state index contributed by atoms with van der Waals surface area (Å²) in [5, 5.41) is 4.16. The Kier molecular flexibility index (Phi) is 7.41. The quantitative estimate of drug-likeness (QED) is 0.293. The minimum absolute atomic E-state index is 0.203. The molecule has 1 N–H and O–H groups in total. The first-order valence-electron chi connectivity index (χ1n) is 10.6. The van der Waals surface area contributed by atoms with Crippen LogP contribution < -0.4 is 19.7 Å². The first-order chi connectivity index (χ1) is 16.4. The van der Waals surface area contributed by atoms with Crippen LogP contribution in [0.2, 0.25) is 10.0 Å². The molecule has 0 radical (unpaired) electrons. The third-order valence-electron chi connectivity index (χ3n) is 5.41. The van der Waals surface area contributed by atoms with E-state index in [1.54, 1.807) is 31.4 Å². The second-order valence-electron chi connectivity index (χ2n) is 7.52. The van der Waals surface area contributed by atoms with Crippen molar-refractivity contribution in [3.8, 4) is 11.5 Å². The molecule has 1 heterocycles. The average Bonchev–Trinajstić information content (AvgIpc) is 3.12. The molecule has 1 aliphatic rings. The molecule has 0 spiro atoms. The first-order valence-corrected chi connectivity index (χ1v) is 11.8. The lowest BCUT2D eigenvalue weighted by Crippen LogP contribution is -2.31. The van der Waals surface area contributed by atoms with Crippen LogP contribution in [0.5, 0.6) is 11.5 Å². The van der Waals surface area contributed by atoms with Gasteiger partial charge in [0, 0.05) is 5.56 Å². The summed E-state index contributed by atoms with van der Waals surface area (Å²) in [6.07, 6.45) is 2.55. The number of nitrogens with zero attached hydrogens (tertiary/aromatic N) is 1. The van der Waals surface area contributed by atoms with Crippen LogP contribution in [0.25, 0.3) is 6.08 Å². The predicted molar refractivity (Wildman–Crippen MR) is 141 cm³/mol. The largest absolute Gasteiger partial charge is 0.496 e. The number of benzene rings is 3. The van der Waals surface area contributed by atoms with Gasteiger partial charge in [-0.05, 0) is 66.2 Å². The Bertz CT molecular complexity index is 1290. The molecule has 3 aromatic carbocycles. The van der Waals surface area contributed by atoms with Crippen LogP contribution in [0.15, 0.2) is 66.4 Å². The lowest BCUT2D eigenvalue weighted by atomic mass is 10.1. The number of hydrogen-bond donors (Lipinski definition) is 1. The van der Waals surface area contributed by atoms with Crippen LogP contribution in [-0.2, 0) is 17.8 Å². The van der Waals surface area contributed by atoms with Crippen molar-refractivity contribution >= 4 is 58.2 Å². The molecule has 8 heteroatoms. The number of carbonyl (C=O) groups is 1. The summed E-state index contributed by atoms with van der Waals surface area (Å²) < 4.78 is 11.4. The zero-order valence-corrected chi connectivity index (χ0v) is 20.9. The fourth-order valence-electron chi connectivity index (χ4n) is 3.70. The number of anilines is 1. The van der Waals surface area contributed by atoms with E-state index in [-0.39, 0.29) is 12.5 Å². The lowest BCUT2D eigenvalue weighted by Gasteiger charge is -2.17. The number of methoxy groups -OCH3 is 1. The van der Waals surface area contributed by atoms with Crippen molar-refractivity contribution in [2.75, 3.05) is 12.0 Å². The Morgan fingerprint density at radius 3 is 2.59 bits per heavy atom. The number of ether oxygens (including phenoxy) is 2. The number of para-hydroxylation sites is 1. The number of hydrogen-bond acceptors (Lipinski definition) is 4. The van der Waals surface area contributed by atoms with Gasteiger partial charge in [0.25, 0.3) is 5.91 Å². The van der Waals surface area contributed by atoms with Gasteiger partial charge in [-0.25, -0.2) is 0 Å². The molecule has 0 atom stereocenters. The summed E-state index contributed by atoms with van der Waals surface area (Å²) in [6.45, 7) is 2.25. The summed E-state index contributed by atoms with van der Waals surface area (Å²) in [7, 11) is 1.59. The molecule has 0 aliphatic carbocycles. The Balaban J connectivity index is 1.60. The van der Waals surface area contributed by atoms with Crippen LogP contribution in [0.1, 0.15) is 23.6 Å². The number of nitrogens with one attached hydrogen (secondary N) is 1. The van der Waals surface area contributed by atoms with Crippen molar-refractivity contribution < 1.29 is 14.3 Å². The highest BCUT2D eigenvalue weighted by Gasteiger charge is 2.33. The van der Waals surface area contributed by atoms with Crippen LogP contribution in [0, 0.1) is 0 Å². The molecule has 0 aromatic heterocycles. The molecule has 174 valence electrons. The first kappa shape index (κ1) is 24.1. The highest BCUT2D eigenvalue weighted by Crippen LogP contribution is 2.33. The van der Waals surface area contributed by atoms with Gasteiger partial charge in [0.2, 0.25) is 0 Å². The minimum Gasteiger partial charge on any atom is -0.496 e. The molecular weight excluding hydrogens is 491 g/mol. The van der Waals surface area contributed by atoms with Crippen molar-refractivity contribution in [1.82, 2.24) is 5.32 Å². The third kappa shape index (κ3) is 4.89. The Hall–Kier alpha value is -3.06. The molecule has 1 aliphatic heterocycles.